The molecule has 2 aromatic carbocycles. The van der Waals surface area contributed by atoms with Gasteiger partial charge in [0.05, 0.1) is 18.2 Å². The van der Waals surface area contributed by atoms with Crippen molar-refractivity contribution >= 4 is 6.09 Å². The highest BCUT2D eigenvalue weighted by Crippen LogP contribution is 2.23. The van der Waals surface area contributed by atoms with Crippen LogP contribution in [0.3, 0.4) is 0 Å². The molecule has 0 bridgehead atoms. The van der Waals surface area contributed by atoms with E-state index in [1.807, 2.05) is 36.4 Å². The lowest BCUT2D eigenvalue weighted by molar-refractivity contribution is 0.105. The van der Waals surface area contributed by atoms with Crippen molar-refractivity contribution in [2.45, 2.75) is 6.10 Å². The minimum absolute atomic E-state index is 0.245. The molecule has 1 aliphatic rings. The monoisotopic (exact) mass is 294 g/mol. The Labute approximate surface area is 128 Å². The first kappa shape index (κ1) is 14.0. The Hall–Kier alpha value is -3.00. The van der Waals surface area contributed by atoms with Crippen molar-refractivity contribution in [2.75, 3.05) is 13.2 Å². The first-order valence-corrected chi connectivity index (χ1v) is 6.92. The summed E-state index contributed by atoms with van der Waals surface area (Å²) in [5.41, 5.74) is 2.73. The summed E-state index contributed by atoms with van der Waals surface area (Å²) in [4.78, 5) is 10.9. The molecular weight excluding hydrogens is 280 g/mol. The van der Waals surface area contributed by atoms with E-state index in [2.05, 4.69) is 11.4 Å². The Bertz CT molecular complexity index is 702. The molecule has 1 N–H and O–H groups in total. The van der Waals surface area contributed by atoms with Crippen LogP contribution in [-0.4, -0.2) is 25.3 Å². The molecule has 0 unspecified atom stereocenters. The molecule has 0 radical (unpaired) electrons. The number of hydrogen-bond acceptors (Lipinski definition) is 4. The van der Waals surface area contributed by atoms with E-state index in [0.29, 0.717) is 18.7 Å². The number of nitriles is 1. The molecule has 3 rings (SSSR count). The van der Waals surface area contributed by atoms with Gasteiger partial charge in [-0.2, -0.15) is 5.26 Å². The van der Waals surface area contributed by atoms with Crippen molar-refractivity contribution in [3.8, 4) is 22.9 Å². The van der Waals surface area contributed by atoms with Crippen LogP contribution < -0.4 is 10.1 Å². The van der Waals surface area contributed by atoms with Gasteiger partial charge in [-0.15, -0.1) is 0 Å². The molecule has 1 atom stereocenters. The van der Waals surface area contributed by atoms with Gasteiger partial charge in [0.25, 0.3) is 0 Å². The van der Waals surface area contributed by atoms with E-state index in [4.69, 9.17) is 14.7 Å². The first-order chi connectivity index (χ1) is 10.7. The molecule has 1 heterocycles. The van der Waals surface area contributed by atoms with Gasteiger partial charge in [-0.1, -0.05) is 24.3 Å². The number of carbonyl (C=O) groups is 1. The zero-order valence-corrected chi connectivity index (χ0v) is 11.8. The lowest BCUT2D eigenvalue weighted by atomic mass is 10.0. The highest BCUT2D eigenvalue weighted by molar-refractivity contribution is 5.69. The summed E-state index contributed by atoms with van der Waals surface area (Å²) in [5, 5.41) is 11.4. The molecule has 22 heavy (non-hydrogen) atoms. The van der Waals surface area contributed by atoms with Crippen LogP contribution in [-0.2, 0) is 4.74 Å². The van der Waals surface area contributed by atoms with E-state index < -0.39 is 6.09 Å². The lowest BCUT2D eigenvalue weighted by Crippen LogP contribution is -2.21. The van der Waals surface area contributed by atoms with E-state index >= 15 is 0 Å². The van der Waals surface area contributed by atoms with Crippen LogP contribution in [0, 0.1) is 11.3 Å². The molecule has 0 saturated carbocycles. The third-order valence-corrected chi connectivity index (χ3v) is 3.39. The van der Waals surface area contributed by atoms with Crippen LogP contribution in [0.4, 0.5) is 4.79 Å². The van der Waals surface area contributed by atoms with Crippen molar-refractivity contribution in [1.82, 2.24) is 5.32 Å². The summed E-state index contributed by atoms with van der Waals surface area (Å²) in [6.07, 6.45) is -0.643. The predicted molar refractivity (Wildman–Crippen MR) is 80.4 cm³/mol. The molecule has 0 aromatic heterocycles. The smallest absolute Gasteiger partial charge is 0.407 e. The molecule has 0 spiro atoms. The van der Waals surface area contributed by atoms with Gasteiger partial charge in [0.2, 0.25) is 0 Å². The summed E-state index contributed by atoms with van der Waals surface area (Å²) in [7, 11) is 0. The predicted octanol–water partition coefficient (Wildman–Crippen LogP) is 2.71. The second-order valence-corrected chi connectivity index (χ2v) is 4.93. The van der Waals surface area contributed by atoms with Crippen LogP contribution >= 0.6 is 0 Å². The highest BCUT2D eigenvalue weighted by atomic mass is 16.6. The third-order valence-electron chi connectivity index (χ3n) is 3.39. The van der Waals surface area contributed by atoms with Crippen molar-refractivity contribution in [3.63, 3.8) is 0 Å². The number of amides is 1. The van der Waals surface area contributed by atoms with Crippen LogP contribution in [0.15, 0.2) is 48.5 Å². The third kappa shape index (κ3) is 3.18. The van der Waals surface area contributed by atoms with Crippen LogP contribution in [0.5, 0.6) is 5.75 Å². The first-order valence-electron chi connectivity index (χ1n) is 6.92. The van der Waals surface area contributed by atoms with Gasteiger partial charge in [-0.25, -0.2) is 4.79 Å². The van der Waals surface area contributed by atoms with Gasteiger partial charge in [-0.3, -0.25) is 0 Å². The van der Waals surface area contributed by atoms with Crippen molar-refractivity contribution in [2.24, 2.45) is 0 Å². The molecule has 2 aromatic rings. The summed E-state index contributed by atoms with van der Waals surface area (Å²) < 4.78 is 10.6. The van der Waals surface area contributed by atoms with E-state index in [-0.39, 0.29) is 6.10 Å². The van der Waals surface area contributed by atoms with Gasteiger partial charge in [-0.05, 0) is 35.4 Å². The largest absolute Gasteiger partial charge is 0.490 e. The number of nitrogens with zero attached hydrogens (tertiary/aromatic N) is 1. The maximum absolute atomic E-state index is 10.9. The molecule has 0 aliphatic carbocycles. The summed E-state index contributed by atoms with van der Waals surface area (Å²) in [6, 6.07) is 17.2. The molecule has 5 heteroatoms. The van der Waals surface area contributed by atoms with E-state index in [1.54, 1.807) is 12.1 Å². The van der Waals surface area contributed by atoms with Crippen LogP contribution in [0.2, 0.25) is 0 Å². The zero-order chi connectivity index (χ0) is 15.4. The molecule has 1 amide bonds. The standard InChI is InChI=1S/C17H14N2O3/c18-9-12-1-3-13(4-2-12)14-5-7-15(8-6-14)21-11-16-10-19-17(20)22-16/h1-8,16H,10-11H2,(H,19,20)/t16-/m0/s1. The minimum atomic E-state index is -0.398. The highest BCUT2D eigenvalue weighted by Gasteiger charge is 2.22. The summed E-state index contributed by atoms with van der Waals surface area (Å²) in [6.45, 7) is 0.803. The molecular formula is C17H14N2O3. The van der Waals surface area contributed by atoms with Crippen molar-refractivity contribution in [3.05, 3.63) is 54.1 Å². The number of ether oxygens (including phenoxy) is 2. The van der Waals surface area contributed by atoms with Gasteiger partial charge in [0, 0.05) is 0 Å². The van der Waals surface area contributed by atoms with Gasteiger partial charge < -0.3 is 14.8 Å². The molecule has 1 aliphatic heterocycles. The quantitative estimate of drug-likeness (QED) is 0.941. The van der Waals surface area contributed by atoms with E-state index in [9.17, 15) is 4.79 Å². The SMILES string of the molecule is N#Cc1ccc(-c2ccc(OC[C@@H]3CNC(=O)O3)cc2)cc1. The number of alkyl carbamates (subject to hydrolysis) is 1. The fourth-order valence-electron chi connectivity index (χ4n) is 2.19. The second-order valence-electron chi connectivity index (χ2n) is 4.93. The summed E-state index contributed by atoms with van der Waals surface area (Å²) in [5.74, 6) is 0.723. The van der Waals surface area contributed by atoms with Crippen molar-refractivity contribution < 1.29 is 14.3 Å². The normalized spacial score (nSPS) is 16.5. The lowest BCUT2D eigenvalue weighted by Gasteiger charge is -2.10. The molecule has 5 nitrogen and oxygen atoms in total. The number of carbonyl (C=O) groups excluding carboxylic acids is 1. The topological polar surface area (TPSA) is 71.3 Å². The average Bonchev–Trinajstić information content (AvgIpc) is 2.99. The fourth-order valence-corrected chi connectivity index (χ4v) is 2.19. The van der Waals surface area contributed by atoms with E-state index in [0.717, 1.165) is 16.9 Å². The second kappa shape index (κ2) is 6.19. The van der Waals surface area contributed by atoms with Gasteiger partial charge in [0.1, 0.15) is 12.4 Å². The van der Waals surface area contributed by atoms with Gasteiger partial charge in [0.15, 0.2) is 6.10 Å². The molecule has 110 valence electrons. The number of rotatable bonds is 4. The maximum Gasteiger partial charge on any atom is 0.407 e. The summed E-state index contributed by atoms with van der Waals surface area (Å²) >= 11 is 0. The van der Waals surface area contributed by atoms with Gasteiger partial charge >= 0.3 is 6.09 Å². The minimum Gasteiger partial charge on any atom is -0.490 e. The Balaban J connectivity index is 1.62. The number of nitrogens with one attached hydrogen (secondary N) is 1. The molecule has 1 fully saturated rings. The van der Waals surface area contributed by atoms with Crippen LogP contribution in [0.25, 0.3) is 11.1 Å². The average molecular weight is 294 g/mol. The Kier molecular flexibility index (Phi) is 3.92. The fraction of sp³-hybridized carbons (Fsp3) is 0.176. The Morgan fingerprint density at radius 1 is 1.14 bits per heavy atom. The van der Waals surface area contributed by atoms with Crippen LogP contribution in [0.1, 0.15) is 5.56 Å². The maximum atomic E-state index is 10.9. The Morgan fingerprint density at radius 3 is 2.32 bits per heavy atom. The Morgan fingerprint density at radius 2 is 1.77 bits per heavy atom. The number of cyclic esters (lactones) is 1. The zero-order valence-electron chi connectivity index (χ0n) is 11.8. The van der Waals surface area contributed by atoms with E-state index in [1.165, 1.54) is 0 Å². The number of hydrogen-bond donors (Lipinski definition) is 1. The number of benzene rings is 2. The molecule has 1 saturated heterocycles. The van der Waals surface area contributed by atoms with Crippen molar-refractivity contribution in [1.29, 1.82) is 5.26 Å².